The van der Waals surface area contributed by atoms with E-state index in [1.807, 2.05) is 31.2 Å². The quantitative estimate of drug-likeness (QED) is 0.734. The molecule has 0 saturated heterocycles. The van der Waals surface area contributed by atoms with Crippen LogP contribution in [0.25, 0.3) is 0 Å². The summed E-state index contributed by atoms with van der Waals surface area (Å²) in [5.74, 6) is -1.10. The molecule has 1 aliphatic rings. The number of carbonyl (C=O) groups is 2. The normalized spacial score (nSPS) is 21.6. The van der Waals surface area contributed by atoms with Gasteiger partial charge in [-0.05, 0) is 61.4 Å². The van der Waals surface area contributed by atoms with E-state index in [4.69, 9.17) is 0 Å². The number of nitrogens with one attached hydrogen (secondary N) is 1. The van der Waals surface area contributed by atoms with Crippen molar-refractivity contribution in [1.29, 1.82) is 0 Å². The number of aryl methyl sites for hydroxylation is 1. The summed E-state index contributed by atoms with van der Waals surface area (Å²) in [7, 11) is 0. The minimum atomic E-state index is -0.748. The first-order valence-corrected chi connectivity index (χ1v) is 9.00. The van der Waals surface area contributed by atoms with E-state index in [9.17, 15) is 19.8 Å². The smallest absolute Gasteiger partial charge is 0.309 e. The molecule has 5 nitrogen and oxygen atoms in total. The largest absolute Gasteiger partial charge is 0.507 e. The lowest BCUT2D eigenvalue weighted by Crippen LogP contribution is -2.26. The molecule has 2 aromatic rings. The van der Waals surface area contributed by atoms with Crippen LogP contribution in [-0.4, -0.2) is 22.1 Å². The van der Waals surface area contributed by atoms with Crippen LogP contribution in [0, 0.1) is 18.3 Å². The van der Waals surface area contributed by atoms with E-state index in [1.54, 1.807) is 19.1 Å². The molecule has 1 aliphatic carbocycles. The third kappa shape index (κ3) is 3.42. The van der Waals surface area contributed by atoms with Crippen molar-refractivity contribution in [1.82, 2.24) is 0 Å². The van der Waals surface area contributed by atoms with Crippen LogP contribution in [0.5, 0.6) is 5.75 Å². The number of carboxylic acids is 1. The molecular weight excluding hydrogens is 342 g/mol. The Morgan fingerprint density at radius 1 is 1.15 bits per heavy atom. The molecule has 2 unspecified atom stereocenters. The second kappa shape index (κ2) is 6.41. The van der Waals surface area contributed by atoms with Crippen LogP contribution in [0.15, 0.2) is 42.5 Å². The lowest BCUT2D eigenvalue weighted by Gasteiger charge is -2.27. The second-order valence-electron chi connectivity index (χ2n) is 8.25. The van der Waals surface area contributed by atoms with Gasteiger partial charge in [0.05, 0.1) is 11.0 Å². The van der Waals surface area contributed by atoms with Gasteiger partial charge in [0, 0.05) is 5.69 Å². The van der Waals surface area contributed by atoms with Crippen molar-refractivity contribution in [3.05, 3.63) is 59.2 Å². The summed E-state index contributed by atoms with van der Waals surface area (Å²) in [6, 6.07) is 12.3. The van der Waals surface area contributed by atoms with E-state index in [-0.39, 0.29) is 28.6 Å². The molecule has 3 rings (SSSR count). The molecule has 0 bridgehead atoms. The van der Waals surface area contributed by atoms with Crippen molar-refractivity contribution >= 4 is 17.6 Å². The molecule has 5 heteroatoms. The molecule has 1 amide bonds. The van der Waals surface area contributed by atoms with Crippen LogP contribution in [0.3, 0.4) is 0 Å². The standard InChI is InChI=1S/C22H25NO4/c1-13-5-10-17(24)16(11-13)19(25)23-15-8-6-14(7-9-15)21(2,3)18-12-22(18,4)20(26)27/h5-11,18,24H,12H2,1-4H3,(H,23,25)(H,26,27). The van der Waals surface area contributed by atoms with E-state index in [1.165, 1.54) is 6.07 Å². The number of hydrogen-bond donors (Lipinski definition) is 3. The van der Waals surface area contributed by atoms with E-state index in [2.05, 4.69) is 19.2 Å². The topological polar surface area (TPSA) is 86.6 Å². The Labute approximate surface area is 159 Å². The summed E-state index contributed by atoms with van der Waals surface area (Å²) >= 11 is 0. The van der Waals surface area contributed by atoms with Crippen LogP contribution in [0.2, 0.25) is 0 Å². The van der Waals surface area contributed by atoms with Crippen molar-refractivity contribution < 1.29 is 19.8 Å². The van der Waals surface area contributed by atoms with E-state index in [0.717, 1.165) is 11.1 Å². The maximum Gasteiger partial charge on any atom is 0.309 e. The summed E-state index contributed by atoms with van der Waals surface area (Å²) in [5, 5.41) is 22.1. The molecule has 3 N–H and O–H groups in total. The molecule has 0 spiro atoms. The van der Waals surface area contributed by atoms with Crippen LogP contribution in [-0.2, 0) is 10.2 Å². The molecule has 27 heavy (non-hydrogen) atoms. The van der Waals surface area contributed by atoms with Gasteiger partial charge in [-0.2, -0.15) is 0 Å². The lowest BCUT2D eigenvalue weighted by atomic mass is 9.77. The summed E-state index contributed by atoms with van der Waals surface area (Å²) in [6.45, 7) is 7.77. The number of rotatable bonds is 5. The first-order valence-electron chi connectivity index (χ1n) is 9.00. The van der Waals surface area contributed by atoms with Crippen LogP contribution in [0.4, 0.5) is 5.69 Å². The highest BCUT2D eigenvalue weighted by atomic mass is 16.4. The summed E-state index contributed by atoms with van der Waals surface area (Å²) in [4.78, 5) is 23.9. The monoisotopic (exact) mass is 367 g/mol. The average Bonchev–Trinajstić information content (AvgIpc) is 3.32. The lowest BCUT2D eigenvalue weighted by molar-refractivity contribution is -0.143. The van der Waals surface area contributed by atoms with E-state index in [0.29, 0.717) is 12.1 Å². The van der Waals surface area contributed by atoms with Gasteiger partial charge in [0.2, 0.25) is 0 Å². The van der Waals surface area contributed by atoms with Crippen molar-refractivity contribution in [2.75, 3.05) is 5.32 Å². The minimum absolute atomic E-state index is 0.0578. The molecule has 0 heterocycles. The second-order valence-corrected chi connectivity index (χ2v) is 8.25. The van der Waals surface area contributed by atoms with Gasteiger partial charge in [-0.25, -0.2) is 0 Å². The Morgan fingerprint density at radius 3 is 2.33 bits per heavy atom. The Hall–Kier alpha value is -2.82. The first kappa shape index (κ1) is 19.0. The Morgan fingerprint density at radius 2 is 1.78 bits per heavy atom. The van der Waals surface area contributed by atoms with Gasteiger partial charge < -0.3 is 15.5 Å². The molecular formula is C22H25NO4. The zero-order valence-electron chi connectivity index (χ0n) is 16.0. The fraction of sp³-hybridized carbons (Fsp3) is 0.364. The minimum Gasteiger partial charge on any atom is -0.507 e. The van der Waals surface area contributed by atoms with Crippen LogP contribution in [0.1, 0.15) is 48.7 Å². The molecule has 2 atom stereocenters. The van der Waals surface area contributed by atoms with E-state index < -0.39 is 11.4 Å². The van der Waals surface area contributed by atoms with E-state index >= 15 is 0 Å². The van der Waals surface area contributed by atoms with Gasteiger partial charge in [0.1, 0.15) is 5.75 Å². The fourth-order valence-electron chi connectivity index (χ4n) is 3.87. The van der Waals surface area contributed by atoms with Gasteiger partial charge >= 0.3 is 5.97 Å². The molecule has 0 aromatic heterocycles. The number of hydrogen-bond acceptors (Lipinski definition) is 3. The predicted octanol–water partition coefficient (Wildman–Crippen LogP) is 4.34. The van der Waals surface area contributed by atoms with Crippen LogP contribution >= 0.6 is 0 Å². The zero-order valence-corrected chi connectivity index (χ0v) is 16.0. The van der Waals surface area contributed by atoms with Gasteiger partial charge in [0.25, 0.3) is 5.91 Å². The SMILES string of the molecule is Cc1ccc(O)c(C(=O)Nc2ccc(C(C)(C)C3CC3(C)C(=O)O)cc2)c1. The maximum absolute atomic E-state index is 12.4. The number of anilines is 1. The Balaban J connectivity index is 1.75. The fourth-order valence-corrected chi connectivity index (χ4v) is 3.87. The summed E-state index contributed by atoms with van der Waals surface area (Å²) in [5.41, 5.74) is 1.84. The number of benzene rings is 2. The number of aliphatic carboxylic acids is 1. The number of phenolic OH excluding ortho intramolecular Hbond substituents is 1. The number of carboxylic acid groups (broad SMARTS) is 1. The number of amides is 1. The van der Waals surface area contributed by atoms with Gasteiger partial charge in [0.15, 0.2) is 0 Å². The predicted molar refractivity (Wildman–Crippen MR) is 104 cm³/mol. The third-order valence-corrected chi connectivity index (χ3v) is 5.88. The maximum atomic E-state index is 12.4. The molecule has 1 fully saturated rings. The van der Waals surface area contributed by atoms with Crippen molar-refractivity contribution in [2.45, 2.75) is 39.5 Å². The van der Waals surface area contributed by atoms with Crippen LogP contribution < -0.4 is 5.32 Å². The zero-order chi connectivity index (χ0) is 20.0. The summed E-state index contributed by atoms with van der Waals surface area (Å²) in [6.07, 6.45) is 0.667. The van der Waals surface area contributed by atoms with Gasteiger partial charge in [-0.3, -0.25) is 9.59 Å². The molecule has 142 valence electrons. The third-order valence-electron chi connectivity index (χ3n) is 5.88. The molecule has 0 aliphatic heterocycles. The van der Waals surface area contributed by atoms with Crippen molar-refractivity contribution in [3.8, 4) is 5.75 Å². The Bertz CT molecular complexity index is 901. The number of phenols is 1. The average molecular weight is 367 g/mol. The van der Waals surface area contributed by atoms with Gasteiger partial charge in [-0.15, -0.1) is 0 Å². The Kier molecular flexibility index (Phi) is 4.50. The number of aromatic hydroxyl groups is 1. The first-order chi connectivity index (χ1) is 12.6. The summed E-state index contributed by atoms with van der Waals surface area (Å²) < 4.78 is 0. The van der Waals surface area contributed by atoms with Crippen molar-refractivity contribution in [2.24, 2.45) is 11.3 Å². The molecule has 0 radical (unpaired) electrons. The van der Waals surface area contributed by atoms with Gasteiger partial charge in [-0.1, -0.05) is 37.6 Å². The highest BCUT2D eigenvalue weighted by Gasteiger charge is 2.62. The van der Waals surface area contributed by atoms with Crippen molar-refractivity contribution in [3.63, 3.8) is 0 Å². The highest BCUT2D eigenvalue weighted by molar-refractivity contribution is 6.06. The number of carbonyl (C=O) groups excluding carboxylic acids is 1. The molecule has 2 aromatic carbocycles. The molecule has 1 saturated carbocycles. The highest BCUT2D eigenvalue weighted by Crippen LogP contribution is 2.61.